The average molecular weight is 221 g/mol. The van der Waals surface area contributed by atoms with E-state index in [9.17, 15) is 4.79 Å². The van der Waals surface area contributed by atoms with Gasteiger partial charge in [-0.3, -0.25) is 4.79 Å². The summed E-state index contributed by atoms with van der Waals surface area (Å²) in [4.78, 5) is 21.4. The summed E-state index contributed by atoms with van der Waals surface area (Å²) in [5, 5.41) is 0. The quantitative estimate of drug-likeness (QED) is 0.722. The number of hydrogen-bond donors (Lipinski definition) is 2. The minimum absolute atomic E-state index is 0.270. The Hall–Kier alpha value is -1.85. The highest BCUT2D eigenvalue weighted by atomic mass is 16.1. The van der Waals surface area contributed by atoms with Gasteiger partial charge in [0.1, 0.15) is 23.5 Å². The van der Waals surface area contributed by atoms with Gasteiger partial charge in [0.05, 0.1) is 0 Å². The van der Waals surface area contributed by atoms with Crippen LogP contribution in [0.5, 0.6) is 0 Å². The zero-order chi connectivity index (χ0) is 11.7. The summed E-state index contributed by atoms with van der Waals surface area (Å²) < 4.78 is 0. The second kappa shape index (κ2) is 3.96. The van der Waals surface area contributed by atoms with Gasteiger partial charge in [-0.25, -0.2) is 9.97 Å². The molecule has 6 nitrogen and oxygen atoms in total. The number of nitrogen functional groups attached to an aromatic ring is 1. The Kier molecular flexibility index (Phi) is 2.64. The van der Waals surface area contributed by atoms with Gasteiger partial charge in [0.25, 0.3) is 0 Å². The molecule has 2 heterocycles. The van der Waals surface area contributed by atoms with E-state index in [-0.39, 0.29) is 11.9 Å². The number of anilines is 2. The molecule has 1 aliphatic heterocycles. The summed E-state index contributed by atoms with van der Waals surface area (Å²) in [5.74, 6) is 1.39. The number of amides is 1. The van der Waals surface area contributed by atoms with Crippen molar-refractivity contribution in [3.05, 3.63) is 11.9 Å². The molecule has 86 valence electrons. The molecular weight excluding hydrogens is 206 g/mol. The molecule has 0 aromatic carbocycles. The third-order valence-electron chi connectivity index (χ3n) is 2.72. The van der Waals surface area contributed by atoms with Crippen LogP contribution in [0.2, 0.25) is 0 Å². The molecule has 2 rings (SSSR count). The van der Waals surface area contributed by atoms with Gasteiger partial charge >= 0.3 is 0 Å². The van der Waals surface area contributed by atoms with E-state index in [0.29, 0.717) is 17.5 Å². The Balaban J connectivity index is 2.32. The van der Waals surface area contributed by atoms with E-state index >= 15 is 0 Å². The van der Waals surface area contributed by atoms with Crippen molar-refractivity contribution in [2.24, 2.45) is 5.73 Å². The molecule has 1 aliphatic rings. The first-order chi connectivity index (χ1) is 7.58. The van der Waals surface area contributed by atoms with E-state index in [4.69, 9.17) is 11.5 Å². The molecular formula is C10H15N5O. The molecule has 0 spiro atoms. The Morgan fingerprint density at radius 3 is 2.94 bits per heavy atom. The second-order valence-corrected chi connectivity index (χ2v) is 3.95. The number of carbonyl (C=O) groups excluding carboxylic acids is 1. The van der Waals surface area contributed by atoms with Gasteiger partial charge in [-0.2, -0.15) is 0 Å². The molecule has 1 amide bonds. The minimum atomic E-state index is -0.313. The fourth-order valence-corrected chi connectivity index (χ4v) is 2.06. The summed E-state index contributed by atoms with van der Waals surface area (Å²) >= 11 is 0. The van der Waals surface area contributed by atoms with Crippen molar-refractivity contribution >= 4 is 17.5 Å². The van der Waals surface area contributed by atoms with Gasteiger partial charge in [-0.1, -0.05) is 0 Å². The lowest BCUT2D eigenvalue weighted by atomic mass is 10.2. The van der Waals surface area contributed by atoms with Crippen LogP contribution in [0.15, 0.2) is 6.07 Å². The number of nitrogens with zero attached hydrogens (tertiary/aromatic N) is 3. The molecule has 1 atom stereocenters. The van der Waals surface area contributed by atoms with Crippen LogP contribution < -0.4 is 16.4 Å². The van der Waals surface area contributed by atoms with E-state index in [1.54, 1.807) is 13.0 Å². The summed E-state index contributed by atoms with van der Waals surface area (Å²) in [6.07, 6.45) is 1.72. The van der Waals surface area contributed by atoms with Gasteiger partial charge in [-0.05, 0) is 19.8 Å². The standard InChI is InChI=1S/C10H15N5O/c1-6-13-8(11)5-9(14-6)15-4-2-3-7(15)10(12)16/h5,7H,2-4H2,1H3,(H2,12,16)(H2,11,13,14). The highest BCUT2D eigenvalue weighted by Crippen LogP contribution is 2.24. The maximum atomic E-state index is 11.3. The molecule has 0 bridgehead atoms. The topological polar surface area (TPSA) is 98.1 Å². The minimum Gasteiger partial charge on any atom is -0.384 e. The highest BCUT2D eigenvalue weighted by Gasteiger charge is 2.30. The smallest absolute Gasteiger partial charge is 0.240 e. The lowest BCUT2D eigenvalue weighted by Gasteiger charge is -2.23. The van der Waals surface area contributed by atoms with Crippen molar-refractivity contribution in [3.63, 3.8) is 0 Å². The van der Waals surface area contributed by atoms with Crippen molar-refractivity contribution < 1.29 is 4.79 Å². The lowest BCUT2D eigenvalue weighted by molar-refractivity contribution is -0.119. The van der Waals surface area contributed by atoms with Gasteiger partial charge in [0.2, 0.25) is 5.91 Å². The number of primary amides is 1. The first-order valence-electron chi connectivity index (χ1n) is 5.25. The predicted octanol–water partition coefficient (Wildman–Crippen LogP) is -0.179. The maximum absolute atomic E-state index is 11.3. The zero-order valence-corrected chi connectivity index (χ0v) is 9.18. The second-order valence-electron chi connectivity index (χ2n) is 3.95. The van der Waals surface area contributed by atoms with E-state index in [2.05, 4.69) is 9.97 Å². The van der Waals surface area contributed by atoms with Crippen molar-refractivity contribution in [2.45, 2.75) is 25.8 Å². The van der Waals surface area contributed by atoms with Gasteiger partial charge in [0, 0.05) is 12.6 Å². The number of nitrogens with two attached hydrogens (primary N) is 2. The van der Waals surface area contributed by atoms with Crippen LogP contribution in [-0.2, 0) is 4.79 Å². The molecule has 1 aromatic heterocycles. The van der Waals surface area contributed by atoms with E-state index < -0.39 is 0 Å². The first kappa shape index (κ1) is 10.7. The monoisotopic (exact) mass is 221 g/mol. The largest absolute Gasteiger partial charge is 0.384 e. The third kappa shape index (κ3) is 1.91. The van der Waals surface area contributed by atoms with Gasteiger partial charge in [0.15, 0.2) is 0 Å². The number of rotatable bonds is 2. The first-order valence-corrected chi connectivity index (χ1v) is 5.25. The Labute approximate surface area is 93.7 Å². The lowest BCUT2D eigenvalue weighted by Crippen LogP contribution is -2.40. The molecule has 1 fully saturated rings. The van der Waals surface area contributed by atoms with Crippen molar-refractivity contribution in [2.75, 3.05) is 17.2 Å². The average Bonchev–Trinajstić information content (AvgIpc) is 2.63. The summed E-state index contributed by atoms with van der Waals surface area (Å²) in [6.45, 7) is 2.55. The molecule has 1 saturated heterocycles. The van der Waals surface area contributed by atoms with Crippen LogP contribution in [0, 0.1) is 6.92 Å². The molecule has 4 N–H and O–H groups in total. The van der Waals surface area contributed by atoms with Crippen LogP contribution in [0.1, 0.15) is 18.7 Å². The third-order valence-corrected chi connectivity index (χ3v) is 2.72. The fourth-order valence-electron chi connectivity index (χ4n) is 2.06. The SMILES string of the molecule is Cc1nc(N)cc(N2CCCC2C(N)=O)n1. The molecule has 6 heteroatoms. The fraction of sp³-hybridized carbons (Fsp3) is 0.500. The number of aryl methyl sites for hydroxylation is 1. The number of hydrogen-bond acceptors (Lipinski definition) is 5. The number of carbonyl (C=O) groups is 1. The van der Waals surface area contributed by atoms with Crippen LogP contribution >= 0.6 is 0 Å². The predicted molar refractivity (Wildman–Crippen MR) is 60.7 cm³/mol. The Morgan fingerprint density at radius 2 is 2.31 bits per heavy atom. The Morgan fingerprint density at radius 1 is 1.56 bits per heavy atom. The number of aromatic nitrogens is 2. The van der Waals surface area contributed by atoms with Gasteiger partial charge in [-0.15, -0.1) is 0 Å². The van der Waals surface area contributed by atoms with Crippen LogP contribution in [0.25, 0.3) is 0 Å². The molecule has 0 radical (unpaired) electrons. The summed E-state index contributed by atoms with van der Waals surface area (Å²) in [5.41, 5.74) is 11.0. The normalized spacial score (nSPS) is 20.1. The maximum Gasteiger partial charge on any atom is 0.240 e. The van der Waals surface area contributed by atoms with Crippen molar-refractivity contribution in [3.8, 4) is 0 Å². The molecule has 0 saturated carbocycles. The summed E-state index contributed by atoms with van der Waals surface area (Å²) in [7, 11) is 0. The van der Waals surface area contributed by atoms with Crippen molar-refractivity contribution in [1.82, 2.24) is 9.97 Å². The molecule has 1 aromatic rings. The molecule has 1 unspecified atom stereocenters. The Bertz CT molecular complexity index is 399. The molecule has 16 heavy (non-hydrogen) atoms. The van der Waals surface area contributed by atoms with Crippen LogP contribution in [0.3, 0.4) is 0 Å². The molecule has 0 aliphatic carbocycles. The van der Waals surface area contributed by atoms with Gasteiger partial charge < -0.3 is 16.4 Å². The zero-order valence-electron chi connectivity index (χ0n) is 9.18. The van der Waals surface area contributed by atoms with Crippen LogP contribution in [0.4, 0.5) is 11.6 Å². The highest BCUT2D eigenvalue weighted by molar-refractivity contribution is 5.84. The van der Waals surface area contributed by atoms with E-state index in [1.807, 2.05) is 4.90 Å². The summed E-state index contributed by atoms with van der Waals surface area (Å²) in [6, 6.07) is 1.41. The van der Waals surface area contributed by atoms with E-state index in [0.717, 1.165) is 19.4 Å². The van der Waals surface area contributed by atoms with Crippen LogP contribution in [-0.4, -0.2) is 28.5 Å². The van der Waals surface area contributed by atoms with Crippen molar-refractivity contribution in [1.29, 1.82) is 0 Å². The van der Waals surface area contributed by atoms with E-state index in [1.165, 1.54) is 0 Å².